The minimum atomic E-state index is -5.03. The molecule has 3 aromatic heterocycles. The summed E-state index contributed by atoms with van der Waals surface area (Å²) >= 11 is 0. The number of furan rings is 1. The lowest BCUT2D eigenvalue weighted by Gasteiger charge is -2.31. The van der Waals surface area contributed by atoms with E-state index in [0.717, 1.165) is 0 Å². The van der Waals surface area contributed by atoms with Gasteiger partial charge in [-0.25, -0.2) is 9.07 Å². The molecule has 9 heteroatoms. The van der Waals surface area contributed by atoms with E-state index in [9.17, 15) is 22.7 Å². The summed E-state index contributed by atoms with van der Waals surface area (Å²) in [5.74, 6) is 0.170. The fraction of sp³-hybridized carbons (Fsp3) is 0.107. The van der Waals surface area contributed by atoms with Crippen molar-refractivity contribution >= 4 is 21.8 Å². The third-order valence-corrected chi connectivity index (χ3v) is 6.65. The van der Waals surface area contributed by atoms with E-state index in [2.05, 4.69) is 5.10 Å². The van der Waals surface area contributed by atoms with Gasteiger partial charge in [0.25, 0.3) is 0 Å². The standard InChI is InChI=1S/C28H19F4N3O2/c1-34-16-23(22-10-4-17(14-25(22)34)26-3-2-12-37-26)27(36,28(30,31)32)19-5-11-24-18(13-19)15-33-35(24)21-8-6-20(29)7-9-21/h2-16,36H,1H3. The molecule has 0 aliphatic rings. The maximum absolute atomic E-state index is 14.7. The van der Waals surface area contributed by atoms with Crippen molar-refractivity contribution in [2.45, 2.75) is 11.8 Å². The van der Waals surface area contributed by atoms with E-state index in [1.54, 1.807) is 41.9 Å². The second kappa shape index (κ2) is 8.07. The Hall–Kier alpha value is -4.37. The summed E-state index contributed by atoms with van der Waals surface area (Å²) in [6.07, 6.45) is -0.789. The quantitative estimate of drug-likeness (QED) is 0.271. The fourth-order valence-electron chi connectivity index (χ4n) is 4.79. The van der Waals surface area contributed by atoms with Crippen molar-refractivity contribution in [3.63, 3.8) is 0 Å². The van der Waals surface area contributed by atoms with Gasteiger partial charge >= 0.3 is 6.18 Å². The minimum absolute atomic E-state index is 0.264. The molecule has 0 saturated carbocycles. The number of alkyl halides is 3. The number of hydrogen-bond acceptors (Lipinski definition) is 3. The molecule has 37 heavy (non-hydrogen) atoms. The number of benzene rings is 3. The molecular formula is C28H19F4N3O2. The Labute approximate surface area is 207 Å². The Kier molecular flexibility index (Phi) is 5.03. The number of fused-ring (bicyclic) bond motifs is 2. The average molecular weight is 505 g/mol. The van der Waals surface area contributed by atoms with Crippen LogP contribution in [0.1, 0.15) is 11.1 Å². The summed E-state index contributed by atoms with van der Waals surface area (Å²) < 4.78 is 65.9. The first-order valence-corrected chi connectivity index (χ1v) is 11.3. The highest BCUT2D eigenvalue weighted by Gasteiger charge is 2.57. The summed E-state index contributed by atoms with van der Waals surface area (Å²) in [4.78, 5) is 0. The molecule has 0 bridgehead atoms. The summed E-state index contributed by atoms with van der Waals surface area (Å²) in [7, 11) is 1.63. The SMILES string of the molecule is Cn1cc(C(O)(c2ccc3c(cnn3-c3ccc(F)cc3)c2)C(F)(F)F)c2ccc(-c3ccco3)cc21. The van der Waals surface area contributed by atoms with Crippen LogP contribution in [0, 0.1) is 5.82 Å². The number of aryl methyl sites for hydroxylation is 1. The van der Waals surface area contributed by atoms with Crippen LogP contribution < -0.4 is 0 Å². The van der Waals surface area contributed by atoms with Gasteiger partial charge in [-0.05, 0) is 60.2 Å². The molecule has 3 heterocycles. The molecule has 186 valence electrons. The van der Waals surface area contributed by atoms with E-state index in [1.807, 2.05) is 0 Å². The number of nitrogens with zero attached hydrogens (tertiary/aromatic N) is 3. The molecule has 6 rings (SSSR count). The van der Waals surface area contributed by atoms with Gasteiger partial charge in [-0.1, -0.05) is 18.2 Å². The van der Waals surface area contributed by atoms with Crippen LogP contribution in [0.3, 0.4) is 0 Å². The lowest BCUT2D eigenvalue weighted by Crippen LogP contribution is -2.43. The molecule has 0 saturated heterocycles. The Bertz CT molecular complexity index is 1750. The molecule has 6 aromatic rings. The van der Waals surface area contributed by atoms with Crippen LogP contribution in [0.25, 0.3) is 38.8 Å². The average Bonchev–Trinajstić information content (AvgIpc) is 3.62. The van der Waals surface area contributed by atoms with Crippen molar-refractivity contribution in [2.75, 3.05) is 0 Å². The molecule has 0 radical (unpaired) electrons. The number of halogens is 4. The summed E-state index contributed by atoms with van der Waals surface area (Å²) in [5, 5.41) is 16.4. The monoisotopic (exact) mass is 505 g/mol. The van der Waals surface area contributed by atoms with Gasteiger partial charge < -0.3 is 14.1 Å². The zero-order valence-corrected chi connectivity index (χ0v) is 19.4. The molecule has 0 fully saturated rings. The third kappa shape index (κ3) is 3.54. The second-order valence-electron chi connectivity index (χ2n) is 8.88. The smallest absolute Gasteiger partial charge is 0.425 e. The molecule has 1 atom stereocenters. The zero-order chi connectivity index (χ0) is 25.9. The van der Waals surface area contributed by atoms with E-state index >= 15 is 0 Å². The lowest BCUT2D eigenvalue weighted by atomic mass is 9.84. The molecule has 0 spiro atoms. The van der Waals surface area contributed by atoms with E-state index in [4.69, 9.17) is 4.42 Å². The van der Waals surface area contributed by atoms with Crippen molar-refractivity contribution in [1.29, 1.82) is 0 Å². The molecule has 0 aliphatic carbocycles. The summed E-state index contributed by atoms with van der Waals surface area (Å²) in [5.41, 5.74) is -1.63. The highest BCUT2D eigenvalue weighted by molar-refractivity contribution is 5.89. The topological polar surface area (TPSA) is 56.1 Å². The molecule has 1 unspecified atom stereocenters. The third-order valence-electron chi connectivity index (χ3n) is 6.65. The van der Waals surface area contributed by atoms with E-state index in [0.29, 0.717) is 33.4 Å². The predicted molar refractivity (Wildman–Crippen MR) is 131 cm³/mol. The van der Waals surface area contributed by atoms with Gasteiger partial charge in [0.05, 0.1) is 23.7 Å². The van der Waals surface area contributed by atoms with Crippen LogP contribution in [0.15, 0.2) is 95.9 Å². The molecule has 1 N–H and O–H groups in total. The normalized spacial score (nSPS) is 13.9. The number of rotatable bonds is 4. The maximum atomic E-state index is 14.7. The van der Waals surface area contributed by atoms with E-state index in [-0.39, 0.29) is 16.5 Å². The molecule has 3 aromatic carbocycles. The number of aliphatic hydroxyl groups is 1. The fourth-order valence-corrected chi connectivity index (χ4v) is 4.79. The lowest BCUT2D eigenvalue weighted by molar-refractivity contribution is -0.247. The van der Waals surface area contributed by atoms with Crippen molar-refractivity contribution < 1.29 is 27.1 Å². The summed E-state index contributed by atoms with van der Waals surface area (Å²) in [6.45, 7) is 0. The zero-order valence-electron chi connectivity index (χ0n) is 19.4. The summed E-state index contributed by atoms with van der Waals surface area (Å²) in [6, 6.07) is 18.0. The van der Waals surface area contributed by atoms with Gasteiger partial charge in [0.15, 0.2) is 0 Å². The first-order chi connectivity index (χ1) is 17.7. The van der Waals surface area contributed by atoms with Gasteiger partial charge in [-0.2, -0.15) is 18.3 Å². The van der Waals surface area contributed by atoms with Gasteiger partial charge in [0.2, 0.25) is 5.60 Å². The second-order valence-corrected chi connectivity index (χ2v) is 8.88. The van der Waals surface area contributed by atoms with Crippen molar-refractivity contribution in [1.82, 2.24) is 14.3 Å². The van der Waals surface area contributed by atoms with E-state index < -0.39 is 17.6 Å². The van der Waals surface area contributed by atoms with Crippen LogP contribution >= 0.6 is 0 Å². The minimum Gasteiger partial charge on any atom is -0.464 e. The molecular weight excluding hydrogens is 486 g/mol. The van der Waals surface area contributed by atoms with Crippen LogP contribution in [-0.2, 0) is 12.6 Å². The predicted octanol–water partition coefficient (Wildman–Crippen LogP) is 6.71. The van der Waals surface area contributed by atoms with Crippen molar-refractivity contribution in [3.8, 4) is 17.0 Å². The van der Waals surface area contributed by atoms with Gasteiger partial charge in [-0.3, -0.25) is 0 Å². The van der Waals surface area contributed by atoms with Crippen molar-refractivity contribution in [2.24, 2.45) is 7.05 Å². The van der Waals surface area contributed by atoms with Crippen LogP contribution in [0.4, 0.5) is 17.6 Å². The Balaban J connectivity index is 1.51. The van der Waals surface area contributed by atoms with Gasteiger partial charge in [0, 0.05) is 40.7 Å². The number of hydrogen-bond donors (Lipinski definition) is 1. The van der Waals surface area contributed by atoms with Gasteiger partial charge in [-0.15, -0.1) is 0 Å². The molecule has 0 aliphatic heterocycles. The largest absolute Gasteiger partial charge is 0.464 e. The molecule has 0 amide bonds. The highest BCUT2D eigenvalue weighted by atomic mass is 19.4. The van der Waals surface area contributed by atoms with E-state index in [1.165, 1.54) is 65.8 Å². The highest BCUT2D eigenvalue weighted by Crippen LogP contribution is 2.47. The van der Waals surface area contributed by atoms with Crippen molar-refractivity contribution in [3.05, 3.63) is 108 Å². The maximum Gasteiger partial charge on any atom is 0.425 e. The Morgan fingerprint density at radius 2 is 1.70 bits per heavy atom. The first kappa shape index (κ1) is 23.1. The van der Waals surface area contributed by atoms with Crippen LogP contribution in [0.5, 0.6) is 0 Å². The molecule has 5 nitrogen and oxygen atoms in total. The first-order valence-electron chi connectivity index (χ1n) is 11.3. The van der Waals surface area contributed by atoms with Gasteiger partial charge in [0.1, 0.15) is 11.6 Å². The Morgan fingerprint density at radius 1 is 0.919 bits per heavy atom. The number of aromatic nitrogens is 3. The van der Waals surface area contributed by atoms with Crippen LogP contribution in [-0.4, -0.2) is 25.6 Å². The van der Waals surface area contributed by atoms with Crippen LogP contribution in [0.2, 0.25) is 0 Å². The Morgan fingerprint density at radius 3 is 2.41 bits per heavy atom.